The summed E-state index contributed by atoms with van der Waals surface area (Å²) < 4.78 is 5.65. The molecule has 1 unspecified atom stereocenters. The van der Waals surface area contributed by atoms with E-state index < -0.39 is 0 Å². The third-order valence-corrected chi connectivity index (χ3v) is 4.11. The number of ether oxygens (including phenoxy) is 1. The molecule has 2 rings (SSSR count). The molecule has 0 radical (unpaired) electrons. The van der Waals surface area contributed by atoms with E-state index in [2.05, 4.69) is 15.2 Å². The quantitative estimate of drug-likeness (QED) is 0.852. The van der Waals surface area contributed by atoms with E-state index in [0.717, 1.165) is 36.7 Å². The molecule has 0 bridgehead atoms. The van der Waals surface area contributed by atoms with Crippen molar-refractivity contribution in [2.75, 3.05) is 26.7 Å². The number of hydrogen-bond donors (Lipinski definition) is 1. The number of likely N-dealkylation sites (N-methyl/N-ethyl adjacent to an activating group) is 1. The Morgan fingerprint density at radius 2 is 2.53 bits per heavy atom. The minimum atomic E-state index is 0.0336. The largest absolute Gasteiger partial charge is 0.377 e. The maximum absolute atomic E-state index is 11.6. The summed E-state index contributed by atoms with van der Waals surface area (Å²) in [6.07, 6.45) is 2.46. The zero-order valence-corrected chi connectivity index (χ0v) is 12.3. The molecule has 1 aromatic rings. The van der Waals surface area contributed by atoms with Gasteiger partial charge in [0.15, 0.2) is 0 Å². The highest BCUT2D eigenvalue weighted by Crippen LogP contribution is 2.16. The second kappa shape index (κ2) is 6.98. The molecule has 6 heteroatoms. The summed E-state index contributed by atoms with van der Waals surface area (Å²) in [5.41, 5.74) is 1.04. The van der Waals surface area contributed by atoms with Crippen LogP contribution in [0.3, 0.4) is 0 Å². The van der Waals surface area contributed by atoms with Gasteiger partial charge in [0.2, 0.25) is 5.91 Å². The SMILES string of the molecule is CNC(=O)CN(Cc1nc(C)cs1)CC1CCCO1. The maximum atomic E-state index is 11.6. The predicted molar refractivity (Wildman–Crippen MR) is 75.2 cm³/mol. The van der Waals surface area contributed by atoms with Crippen LogP contribution in [0.2, 0.25) is 0 Å². The number of hydrogen-bond acceptors (Lipinski definition) is 5. The van der Waals surface area contributed by atoms with Gasteiger partial charge in [0.25, 0.3) is 0 Å². The third kappa shape index (κ3) is 4.56. The van der Waals surface area contributed by atoms with Crippen LogP contribution in [0.4, 0.5) is 0 Å². The van der Waals surface area contributed by atoms with Gasteiger partial charge in [-0.25, -0.2) is 4.98 Å². The van der Waals surface area contributed by atoms with E-state index in [1.54, 1.807) is 18.4 Å². The lowest BCUT2D eigenvalue weighted by atomic mass is 10.2. The Balaban J connectivity index is 1.93. The van der Waals surface area contributed by atoms with Crippen LogP contribution < -0.4 is 5.32 Å². The highest BCUT2D eigenvalue weighted by molar-refractivity contribution is 7.09. The molecule has 1 atom stereocenters. The summed E-state index contributed by atoms with van der Waals surface area (Å²) in [5, 5.41) is 5.77. The predicted octanol–water partition coefficient (Wildman–Crippen LogP) is 1.18. The van der Waals surface area contributed by atoms with Gasteiger partial charge in [0, 0.05) is 31.3 Å². The highest BCUT2D eigenvalue weighted by atomic mass is 32.1. The number of nitrogens with zero attached hydrogens (tertiary/aromatic N) is 2. The summed E-state index contributed by atoms with van der Waals surface area (Å²) in [7, 11) is 1.67. The van der Waals surface area contributed by atoms with Crippen molar-refractivity contribution in [3.63, 3.8) is 0 Å². The topological polar surface area (TPSA) is 54.5 Å². The summed E-state index contributed by atoms with van der Waals surface area (Å²) in [4.78, 5) is 18.2. The average Bonchev–Trinajstić information content (AvgIpc) is 3.01. The van der Waals surface area contributed by atoms with Crippen molar-refractivity contribution in [1.29, 1.82) is 0 Å². The molecule has 5 nitrogen and oxygen atoms in total. The number of aryl methyl sites for hydroxylation is 1. The number of amides is 1. The van der Waals surface area contributed by atoms with Gasteiger partial charge in [-0.3, -0.25) is 9.69 Å². The monoisotopic (exact) mass is 283 g/mol. The molecule has 0 saturated carbocycles. The van der Waals surface area contributed by atoms with Crippen LogP contribution >= 0.6 is 11.3 Å². The highest BCUT2D eigenvalue weighted by Gasteiger charge is 2.21. The molecule has 0 aliphatic carbocycles. The number of aromatic nitrogens is 1. The number of thiazole rings is 1. The molecular formula is C13H21N3O2S. The van der Waals surface area contributed by atoms with Crippen LogP contribution in [0.1, 0.15) is 23.5 Å². The molecule has 1 aliphatic heterocycles. The fraction of sp³-hybridized carbons (Fsp3) is 0.692. The van der Waals surface area contributed by atoms with Gasteiger partial charge in [0.05, 0.1) is 19.2 Å². The van der Waals surface area contributed by atoms with E-state index in [1.165, 1.54) is 0 Å². The Hall–Kier alpha value is -0.980. The first-order valence-electron chi connectivity index (χ1n) is 6.63. The first-order chi connectivity index (χ1) is 9.17. The van der Waals surface area contributed by atoms with Crippen LogP contribution in [0.5, 0.6) is 0 Å². The smallest absolute Gasteiger partial charge is 0.233 e. The van der Waals surface area contributed by atoms with Gasteiger partial charge in [-0.15, -0.1) is 11.3 Å². The van der Waals surface area contributed by atoms with E-state index in [9.17, 15) is 4.79 Å². The molecule has 0 spiro atoms. The molecular weight excluding hydrogens is 262 g/mol. The summed E-state index contributed by atoms with van der Waals surface area (Å²) >= 11 is 1.65. The fourth-order valence-electron chi connectivity index (χ4n) is 2.21. The van der Waals surface area contributed by atoms with E-state index in [4.69, 9.17) is 4.74 Å². The molecule has 1 aromatic heterocycles. The molecule has 1 fully saturated rings. The normalized spacial score (nSPS) is 19.0. The summed E-state index contributed by atoms with van der Waals surface area (Å²) in [6.45, 7) is 4.74. The fourth-order valence-corrected chi connectivity index (χ4v) is 3.02. The molecule has 106 valence electrons. The Labute approximate surface area is 118 Å². The maximum Gasteiger partial charge on any atom is 0.233 e. The van der Waals surface area contributed by atoms with Crippen LogP contribution in [0.25, 0.3) is 0 Å². The lowest BCUT2D eigenvalue weighted by Crippen LogP contribution is -2.39. The first-order valence-corrected chi connectivity index (χ1v) is 7.51. The summed E-state index contributed by atoms with van der Waals surface area (Å²) in [5.74, 6) is 0.0336. The third-order valence-electron chi connectivity index (χ3n) is 3.16. The molecule has 19 heavy (non-hydrogen) atoms. The zero-order chi connectivity index (χ0) is 13.7. The van der Waals surface area contributed by atoms with Crippen molar-refractivity contribution in [1.82, 2.24) is 15.2 Å². The first kappa shape index (κ1) is 14.4. The van der Waals surface area contributed by atoms with Crippen LogP contribution in [-0.4, -0.2) is 48.6 Å². The van der Waals surface area contributed by atoms with Crippen LogP contribution in [0.15, 0.2) is 5.38 Å². The van der Waals surface area contributed by atoms with Crippen molar-refractivity contribution in [2.24, 2.45) is 0 Å². The minimum Gasteiger partial charge on any atom is -0.377 e. The molecule has 1 amide bonds. The lowest BCUT2D eigenvalue weighted by molar-refractivity contribution is -0.122. The van der Waals surface area contributed by atoms with E-state index >= 15 is 0 Å². The van der Waals surface area contributed by atoms with Crippen molar-refractivity contribution in [3.05, 3.63) is 16.1 Å². The van der Waals surface area contributed by atoms with Gasteiger partial charge in [-0.1, -0.05) is 0 Å². The van der Waals surface area contributed by atoms with Gasteiger partial charge in [-0.05, 0) is 19.8 Å². The van der Waals surface area contributed by atoms with Gasteiger partial charge in [0.1, 0.15) is 5.01 Å². The van der Waals surface area contributed by atoms with Gasteiger partial charge >= 0.3 is 0 Å². The molecule has 1 saturated heterocycles. The average molecular weight is 283 g/mol. The zero-order valence-electron chi connectivity index (χ0n) is 11.5. The molecule has 1 N–H and O–H groups in total. The minimum absolute atomic E-state index is 0.0336. The van der Waals surface area contributed by atoms with Crippen LogP contribution in [0, 0.1) is 6.92 Å². The van der Waals surface area contributed by atoms with Gasteiger partial charge in [-0.2, -0.15) is 0 Å². The molecule has 0 aromatic carbocycles. The summed E-state index contributed by atoms with van der Waals surface area (Å²) in [6, 6.07) is 0. The Kier molecular flexibility index (Phi) is 5.30. The van der Waals surface area contributed by atoms with Gasteiger partial charge < -0.3 is 10.1 Å². The Morgan fingerprint density at radius 1 is 1.68 bits per heavy atom. The second-order valence-electron chi connectivity index (χ2n) is 4.86. The molecule has 1 aliphatic rings. The second-order valence-corrected chi connectivity index (χ2v) is 5.80. The Bertz CT molecular complexity index is 416. The van der Waals surface area contributed by atoms with Crippen LogP contribution in [-0.2, 0) is 16.1 Å². The number of carbonyl (C=O) groups is 1. The number of carbonyl (C=O) groups excluding carboxylic acids is 1. The molecule has 2 heterocycles. The van der Waals surface area contributed by atoms with Crippen molar-refractivity contribution in [3.8, 4) is 0 Å². The number of nitrogens with one attached hydrogen (secondary N) is 1. The standard InChI is InChI=1S/C13H21N3O2S/c1-10-9-19-13(15-10)8-16(7-12(17)14-2)6-11-4-3-5-18-11/h9,11H,3-8H2,1-2H3,(H,14,17). The van der Waals surface area contributed by atoms with E-state index in [1.807, 2.05) is 12.3 Å². The lowest BCUT2D eigenvalue weighted by Gasteiger charge is -2.23. The van der Waals surface area contributed by atoms with E-state index in [-0.39, 0.29) is 12.0 Å². The van der Waals surface area contributed by atoms with Crippen molar-refractivity contribution < 1.29 is 9.53 Å². The number of rotatable bonds is 6. The Morgan fingerprint density at radius 3 is 3.11 bits per heavy atom. The van der Waals surface area contributed by atoms with Crippen molar-refractivity contribution >= 4 is 17.2 Å². The van der Waals surface area contributed by atoms with Crippen molar-refractivity contribution in [2.45, 2.75) is 32.4 Å². The van der Waals surface area contributed by atoms with E-state index in [0.29, 0.717) is 13.1 Å².